The van der Waals surface area contributed by atoms with Crippen LogP contribution in [0.5, 0.6) is 5.75 Å². The number of carboxylic acid groups (broad SMARTS) is 1. The average Bonchev–Trinajstić information content (AvgIpc) is 2.65. The van der Waals surface area contributed by atoms with E-state index in [0.717, 1.165) is 5.56 Å². The van der Waals surface area contributed by atoms with E-state index in [-0.39, 0.29) is 17.9 Å². The molecule has 0 saturated heterocycles. The van der Waals surface area contributed by atoms with E-state index in [2.05, 4.69) is 31.3 Å². The largest absolute Gasteiger partial charge is 0.548 e. The predicted molar refractivity (Wildman–Crippen MR) is 102 cm³/mol. The maximum Gasteiger partial charge on any atom is 0.258 e. The number of ether oxygens (including phenoxy) is 1. The van der Waals surface area contributed by atoms with Gasteiger partial charge < -0.3 is 20.0 Å². The van der Waals surface area contributed by atoms with E-state index in [9.17, 15) is 14.7 Å². The lowest BCUT2D eigenvalue weighted by Crippen LogP contribution is -2.51. The Labute approximate surface area is 160 Å². The molecule has 0 aliphatic rings. The van der Waals surface area contributed by atoms with Crippen molar-refractivity contribution in [3.63, 3.8) is 0 Å². The van der Waals surface area contributed by atoms with Crippen LogP contribution in [0.4, 0.5) is 0 Å². The van der Waals surface area contributed by atoms with E-state index in [1.165, 1.54) is 5.56 Å². The zero-order chi connectivity index (χ0) is 20.0. The van der Waals surface area contributed by atoms with Crippen molar-refractivity contribution >= 4 is 11.9 Å². The van der Waals surface area contributed by atoms with E-state index < -0.39 is 17.9 Å². The molecule has 0 aromatic heterocycles. The normalized spacial score (nSPS) is 12.5. The molecule has 1 atom stereocenters. The second-order valence-corrected chi connectivity index (χ2v) is 7.41. The van der Waals surface area contributed by atoms with Gasteiger partial charge in [0.05, 0.1) is 12.0 Å². The SMILES string of the molecule is CC(C)[C@H](NC(=O)COc1ccc(C(C)(C)c2ccccc2)cc1)C(=O)[O-]. The van der Waals surface area contributed by atoms with Crippen LogP contribution in [0.15, 0.2) is 54.6 Å². The van der Waals surface area contributed by atoms with Gasteiger partial charge in [0.25, 0.3) is 5.91 Å². The van der Waals surface area contributed by atoms with Crippen LogP contribution in [-0.2, 0) is 15.0 Å². The summed E-state index contributed by atoms with van der Waals surface area (Å²) >= 11 is 0. The summed E-state index contributed by atoms with van der Waals surface area (Å²) in [6.45, 7) is 7.46. The molecule has 0 aliphatic carbocycles. The van der Waals surface area contributed by atoms with E-state index in [1.54, 1.807) is 13.8 Å². The van der Waals surface area contributed by atoms with Gasteiger partial charge in [-0.25, -0.2) is 0 Å². The van der Waals surface area contributed by atoms with Crippen molar-refractivity contribution < 1.29 is 19.4 Å². The first-order chi connectivity index (χ1) is 12.7. The van der Waals surface area contributed by atoms with Gasteiger partial charge in [-0.3, -0.25) is 4.79 Å². The number of benzene rings is 2. The molecule has 0 spiro atoms. The summed E-state index contributed by atoms with van der Waals surface area (Å²) in [5.74, 6) is -1.51. The third-order valence-electron chi connectivity index (χ3n) is 4.68. The van der Waals surface area contributed by atoms with Crippen molar-refractivity contribution in [3.8, 4) is 5.75 Å². The Balaban J connectivity index is 1.98. The summed E-state index contributed by atoms with van der Waals surface area (Å²) in [7, 11) is 0. The molecule has 27 heavy (non-hydrogen) atoms. The molecule has 5 heteroatoms. The Morgan fingerprint density at radius 2 is 1.56 bits per heavy atom. The monoisotopic (exact) mass is 368 g/mol. The number of aliphatic carboxylic acids is 1. The molecular weight excluding hydrogens is 342 g/mol. The van der Waals surface area contributed by atoms with Crippen LogP contribution in [0.2, 0.25) is 0 Å². The fourth-order valence-corrected chi connectivity index (χ4v) is 2.85. The van der Waals surface area contributed by atoms with Crippen molar-refractivity contribution in [3.05, 3.63) is 65.7 Å². The first-order valence-corrected chi connectivity index (χ1v) is 9.01. The number of carboxylic acids is 1. The zero-order valence-corrected chi connectivity index (χ0v) is 16.2. The molecule has 144 valence electrons. The van der Waals surface area contributed by atoms with Gasteiger partial charge in [0, 0.05) is 5.41 Å². The van der Waals surface area contributed by atoms with Gasteiger partial charge in [-0.15, -0.1) is 0 Å². The van der Waals surface area contributed by atoms with Gasteiger partial charge >= 0.3 is 0 Å². The van der Waals surface area contributed by atoms with Crippen molar-refractivity contribution in [2.45, 2.75) is 39.2 Å². The summed E-state index contributed by atoms with van der Waals surface area (Å²) in [6.07, 6.45) is 0. The van der Waals surface area contributed by atoms with Gasteiger partial charge in [-0.2, -0.15) is 0 Å². The van der Waals surface area contributed by atoms with Gasteiger partial charge in [0.15, 0.2) is 6.61 Å². The predicted octanol–water partition coefficient (Wildman–Crippen LogP) is 2.28. The number of nitrogens with one attached hydrogen (secondary N) is 1. The highest BCUT2D eigenvalue weighted by molar-refractivity contribution is 5.83. The lowest BCUT2D eigenvalue weighted by Gasteiger charge is -2.26. The van der Waals surface area contributed by atoms with E-state index in [0.29, 0.717) is 5.75 Å². The molecule has 0 unspecified atom stereocenters. The van der Waals surface area contributed by atoms with Crippen LogP contribution < -0.4 is 15.2 Å². The third kappa shape index (κ3) is 5.33. The lowest BCUT2D eigenvalue weighted by molar-refractivity contribution is -0.309. The maximum atomic E-state index is 11.9. The van der Waals surface area contributed by atoms with Crippen molar-refractivity contribution in [1.29, 1.82) is 0 Å². The number of carbonyl (C=O) groups excluding carboxylic acids is 2. The number of hydrogen-bond acceptors (Lipinski definition) is 4. The third-order valence-corrected chi connectivity index (χ3v) is 4.68. The fraction of sp³-hybridized carbons (Fsp3) is 0.364. The van der Waals surface area contributed by atoms with Gasteiger partial charge in [-0.1, -0.05) is 70.2 Å². The Kier molecular flexibility index (Phi) is 6.61. The first kappa shape index (κ1) is 20.5. The number of hydrogen-bond donors (Lipinski definition) is 1. The standard InChI is InChI=1S/C22H27NO4/c1-15(2)20(21(25)26)23-19(24)14-27-18-12-10-17(11-13-18)22(3,4)16-8-6-5-7-9-16/h5-13,15,20H,14H2,1-4H3,(H,23,24)(H,25,26)/p-1/t20-/m0/s1. The Morgan fingerprint density at radius 1 is 1.00 bits per heavy atom. The molecule has 0 aliphatic heterocycles. The number of carbonyl (C=O) groups is 2. The fourth-order valence-electron chi connectivity index (χ4n) is 2.85. The lowest BCUT2D eigenvalue weighted by atomic mass is 9.78. The molecule has 0 radical (unpaired) electrons. The van der Waals surface area contributed by atoms with Crippen LogP contribution in [0.1, 0.15) is 38.8 Å². The molecule has 1 N–H and O–H groups in total. The van der Waals surface area contributed by atoms with Gasteiger partial charge in [0.2, 0.25) is 0 Å². The molecule has 1 amide bonds. The highest BCUT2D eigenvalue weighted by atomic mass is 16.5. The van der Waals surface area contributed by atoms with Crippen LogP contribution in [0, 0.1) is 5.92 Å². The van der Waals surface area contributed by atoms with E-state index >= 15 is 0 Å². The minimum absolute atomic E-state index is 0.157. The van der Waals surface area contributed by atoms with Crippen molar-refractivity contribution in [1.82, 2.24) is 5.32 Å². The number of amides is 1. The molecule has 2 aromatic rings. The van der Waals surface area contributed by atoms with Crippen molar-refractivity contribution in [2.75, 3.05) is 6.61 Å². The molecule has 0 heterocycles. The van der Waals surface area contributed by atoms with Crippen LogP contribution >= 0.6 is 0 Å². The second kappa shape index (κ2) is 8.71. The van der Waals surface area contributed by atoms with E-state index in [4.69, 9.17) is 4.74 Å². The molecule has 0 saturated carbocycles. The van der Waals surface area contributed by atoms with Crippen LogP contribution in [0.3, 0.4) is 0 Å². The smallest absolute Gasteiger partial charge is 0.258 e. The highest BCUT2D eigenvalue weighted by Gasteiger charge is 2.23. The minimum atomic E-state index is -1.30. The summed E-state index contributed by atoms with van der Waals surface area (Å²) in [5, 5.41) is 13.4. The zero-order valence-electron chi connectivity index (χ0n) is 16.2. The quantitative estimate of drug-likeness (QED) is 0.775. The maximum absolute atomic E-state index is 11.9. The molecule has 0 fully saturated rings. The molecule has 2 aromatic carbocycles. The van der Waals surface area contributed by atoms with E-state index in [1.807, 2.05) is 42.5 Å². The second-order valence-electron chi connectivity index (χ2n) is 7.41. The molecule has 5 nitrogen and oxygen atoms in total. The Morgan fingerprint density at radius 3 is 2.07 bits per heavy atom. The molecule has 0 bridgehead atoms. The van der Waals surface area contributed by atoms with Crippen molar-refractivity contribution in [2.24, 2.45) is 5.92 Å². The molecular formula is C22H26NO4-. The summed E-state index contributed by atoms with van der Waals surface area (Å²) in [4.78, 5) is 23.0. The topological polar surface area (TPSA) is 78.5 Å². The average molecular weight is 368 g/mol. The Bertz CT molecular complexity index is 767. The van der Waals surface area contributed by atoms with Gasteiger partial charge in [0.1, 0.15) is 5.75 Å². The van der Waals surface area contributed by atoms with Crippen LogP contribution in [0.25, 0.3) is 0 Å². The summed E-state index contributed by atoms with van der Waals surface area (Å²) in [6, 6.07) is 16.7. The minimum Gasteiger partial charge on any atom is -0.548 e. The Hall–Kier alpha value is -2.82. The van der Waals surface area contributed by atoms with Gasteiger partial charge in [-0.05, 0) is 29.2 Å². The first-order valence-electron chi connectivity index (χ1n) is 9.01. The highest BCUT2D eigenvalue weighted by Crippen LogP contribution is 2.32. The molecule has 2 rings (SSSR count). The summed E-state index contributed by atoms with van der Waals surface area (Å²) in [5.41, 5.74) is 2.18. The van der Waals surface area contributed by atoms with Crippen LogP contribution in [-0.4, -0.2) is 24.5 Å². The number of rotatable bonds is 8. The summed E-state index contributed by atoms with van der Waals surface area (Å²) < 4.78 is 5.48.